The molecule has 0 saturated heterocycles. The van der Waals surface area contributed by atoms with Gasteiger partial charge in [0.2, 0.25) is 0 Å². The van der Waals surface area contributed by atoms with Crippen LogP contribution in [0.1, 0.15) is 10.4 Å². The van der Waals surface area contributed by atoms with Crippen LogP contribution < -0.4 is 16.2 Å². The first-order chi connectivity index (χ1) is 10.0. The van der Waals surface area contributed by atoms with Gasteiger partial charge in [-0.25, -0.2) is 0 Å². The summed E-state index contributed by atoms with van der Waals surface area (Å²) in [5.74, 6) is 5.05. The number of nitro groups is 1. The fraction of sp³-hybridized carbons (Fsp3) is 0.0714. The number of anilines is 2. The van der Waals surface area contributed by atoms with Crippen molar-refractivity contribution in [3.63, 3.8) is 0 Å². The van der Waals surface area contributed by atoms with Crippen LogP contribution in [0.5, 0.6) is 0 Å². The van der Waals surface area contributed by atoms with E-state index in [4.69, 9.17) is 5.84 Å². The van der Waals surface area contributed by atoms with Crippen molar-refractivity contribution in [3.8, 4) is 0 Å². The molecule has 2 aromatic carbocycles. The van der Waals surface area contributed by atoms with Crippen LogP contribution in [0, 0.1) is 10.1 Å². The van der Waals surface area contributed by atoms with E-state index in [0.29, 0.717) is 16.9 Å². The van der Waals surface area contributed by atoms with Crippen LogP contribution in [0.15, 0.2) is 48.5 Å². The molecule has 7 heteroatoms. The maximum atomic E-state index is 12.3. The first-order valence-electron chi connectivity index (χ1n) is 6.12. The van der Waals surface area contributed by atoms with Gasteiger partial charge in [0, 0.05) is 36.1 Å². The fourth-order valence-corrected chi connectivity index (χ4v) is 1.82. The smallest absolute Gasteiger partial charge is 0.269 e. The molecule has 0 aliphatic rings. The van der Waals surface area contributed by atoms with Crippen molar-refractivity contribution in [2.24, 2.45) is 5.84 Å². The second kappa shape index (κ2) is 6.02. The average molecular weight is 286 g/mol. The lowest BCUT2D eigenvalue weighted by Gasteiger charge is -2.17. The Bertz CT molecular complexity index is 653. The quantitative estimate of drug-likeness (QED) is 0.509. The third-order valence-electron chi connectivity index (χ3n) is 3.05. The van der Waals surface area contributed by atoms with E-state index in [-0.39, 0.29) is 11.6 Å². The number of nitrogens with zero attached hydrogens (tertiary/aromatic N) is 2. The van der Waals surface area contributed by atoms with Gasteiger partial charge in [-0.2, -0.15) is 0 Å². The topological polar surface area (TPSA) is 102 Å². The summed E-state index contributed by atoms with van der Waals surface area (Å²) in [6, 6.07) is 12.5. The lowest BCUT2D eigenvalue weighted by atomic mass is 10.1. The fourth-order valence-electron chi connectivity index (χ4n) is 1.82. The molecule has 7 nitrogen and oxygen atoms in total. The molecule has 2 aromatic rings. The van der Waals surface area contributed by atoms with Crippen LogP contribution in [0.2, 0.25) is 0 Å². The molecule has 0 aliphatic carbocycles. The van der Waals surface area contributed by atoms with Gasteiger partial charge in [0.05, 0.1) is 4.92 Å². The molecule has 0 unspecified atom stereocenters. The number of benzene rings is 2. The largest absolute Gasteiger partial charge is 0.324 e. The Morgan fingerprint density at radius 1 is 1.14 bits per heavy atom. The van der Waals surface area contributed by atoms with Crippen molar-refractivity contribution in [1.29, 1.82) is 0 Å². The zero-order chi connectivity index (χ0) is 15.4. The molecular formula is C14H14N4O3. The molecule has 0 atom stereocenters. The molecule has 0 aliphatic heterocycles. The molecule has 3 N–H and O–H groups in total. The monoisotopic (exact) mass is 286 g/mol. The molecule has 0 aromatic heterocycles. The van der Waals surface area contributed by atoms with Gasteiger partial charge in [-0.05, 0) is 36.4 Å². The van der Waals surface area contributed by atoms with Crippen LogP contribution in [-0.2, 0) is 0 Å². The highest BCUT2D eigenvalue weighted by atomic mass is 16.6. The van der Waals surface area contributed by atoms with Gasteiger partial charge >= 0.3 is 0 Å². The van der Waals surface area contributed by atoms with Crippen molar-refractivity contribution in [3.05, 3.63) is 64.2 Å². The number of carbonyl (C=O) groups is 1. The van der Waals surface area contributed by atoms with E-state index in [0.717, 1.165) is 0 Å². The molecule has 0 fully saturated rings. The van der Waals surface area contributed by atoms with Gasteiger partial charge in [0.15, 0.2) is 0 Å². The SMILES string of the molecule is CN(C(=O)c1ccc(NN)cc1)c1ccc([N+](=O)[O-])cc1. The summed E-state index contributed by atoms with van der Waals surface area (Å²) < 4.78 is 0. The number of non-ortho nitro benzene ring substituents is 1. The van der Waals surface area contributed by atoms with E-state index in [2.05, 4.69) is 5.43 Å². The minimum absolute atomic E-state index is 0.0158. The number of hydrogen-bond donors (Lipinski definition) is 2. The highest BCUT2D eigenvalue weighted by Crippen LogP contribution is 2.20. The number of hydrogen-bond acceptors (Lipinski definition) is 5. The molecule has 0 spiro atoms. The predicted octanol–water partition coefficient (Wildman–Crippen LogP) is 2.16. The lowest BCUT2D eigenvalue weighted by molar-refractivity contribution is -0.384. The Balaban J connectivity index is 2.19. The summed E-state index contributed by atoms with van der Waals surface area (Å²) in [6.45, 7) is 0. The summed E-state index contributed by atoms with van der Waals surface area (Å²) in [5, 5.41) is 10.6. The Kier molecular flexibility index (Phi) is 4.15. The van der Waals surface area contributed by atoms with Crippen molar-refractivity contribution < 1.29 is 9.72 Å². The Labute approximate surface area is 121 Å². The van der Waals surface area contributed by atoms with Crippen molar-refractivity contribution >= 4 is 23.0 Å². The number of hydrazine groups is 1. The van der Waals surface area contributed by atoms with Crippen LogP contribution in [0.3, 0.4) is 0 Å². The second-order valence-corrected chi connectivity index (χ2v) is 4.36. The van der Waals surface area contributed by atoms with Crippen LogP contribution in [-0.4, -0.2) is 17.9 Å². The molecule has 108 valence electrons. The summed E-state index contributed by atoms with van der Waals surface area (Å²) in [7, 11) is 1.61. The molecule has 0 radical (unpaired) electrons. The maximum Gasteiger partial charge on any atom is 0.269 e. The zero-order valence-corrected chi connectivity index (χ0v) is 11.3. The van der Waals surface area contributed by atoms with E-state index < -0.39 is 4.92 Å². The van der Waals surface area contributed by atoms with Gasteiger partial charge in [-0.15, -0.1) is 0 Å². The summed E-state index contributed by atoms with van der Waals surface area (Å²) in [6.07, 6.45) is 0. The number of amides is 1. The third-order valence-corrected chi connectivity index (χ3v) is 3.05. The highest BCUT2D eigenvalue weighted by Gasteiger charge is 2.14. The molecule has 0 saturated carbocycles. The minimum Gasteiger partial charge on any atom is -0.324 e. The highest BCUT2D eigenvalue weighted by molar-refractivity contribution is 6.05. The second-order valence-electron chi connectivity index (χ2n) is 4.36. The number of carbonyl (C=O) groups excluding carboxylic acids is 1. The number of nitro benzene ring substituents is 1. The zero-order valence-electron chi connectivity index (χ0n) is 11.3. The number of nitrogen functional groups attached to an aromatic ring is 1. The van der Waals surface area contributed by atoms with Gasteiger partial charge in [-0.1, -0.05) is 0 Å². The lowest BCUT2D eigenvalue weighted by Crippen LogP contribution is -2.26. The Morgan fingerprint density at radius 2 is 1.71 bits per heavy atom. The van der Waals surface area contributed by atoms with Crippen LogP contribution in [0.4, 0.5) is 17.1 Å². The van der Waals surface area contributed by atoms with Crippen LogP contribution >= 0.6 is 0 Å². The standard InChI is InChI=1S/C14H14N4O3/c1-17(12-6-8-13(9-7-12)18(20)21)14(19)10-2-4-11(16-15)5-3-10/h2-9,16H,15H2,1H3. The van der Waals surface area contributed by atoms with Crippen molar-refractivity contribution in [1.82, 2.24) is 0 Å². The number of rotatable bonds is 4. The Morgan fingerprint density at radius 3 is 2.19 bits per heavy atom. The summed E-state index contributed by atoms with van der Waals surface area (Å²) in [5.41, 5.74) is 4.24. The average Bonchev–Trinajstić information content (AvgIpc) is 2.53. The number of nitrogens with one attached hydrogen (secondary N) is 1. The normalized spacial score (nSPS) is 10.0. The van der Waals surface area contributed by atoms with E-state index in [1.54, 1.807) is 31.3 Å². The van der Waals surface area contributed by atoms with Gasteiger partial charge in [0.25, 0.3) is 11.6 Å². The van der Waals surface area contributed by atoms with Crippen LogP contribution in [0.25, 0.3) is 0 Å². The van der Waals surface area contributed by atoms with Crippen molar-refractivity contribution in [2.45, 2.75) is 0 Å². The molecule has 0 bridgehead atoms. The van der Waals surface area contributed by atoms with E-state index in [9.17, 15) is 14.9 Å². The Hall–Kier alpha value is -2.93. The third kappa shape index (κ3) is 3.15. The molecule has 0 heterocycles. The van der Waals surface area contributed by atoms with Gasteiger partial charge in [-0.3, -0.25) is 20.8 Å². The minimum atomic E-state index is -0.482. The number of nitrogens with two attached hydrogens (primary N) is 1. The van der Waals surface area contributed by atoms with E-state index in [1.807, 2.05) is 0 Å². The maximum absolute atomic E-state index is 12.3. The van der Waals surface area contributed by atoms with Gasteiger partial charge < -0.3 is 10.3 Å². The first kappa shape index (κ1) is 14.5. The van der Waals surface area contributed by atoms with Gasteiger partial charge in [0.1, 0.15) is 0 Å². The first-order valence-corrected chi connectivity index (χ1v) is 6.12. The van der Waals surface area contributed by atoms with Crippen molar-refractivity contribution in [2.75, 3.05) is 17.4 Å². The molecule has 21 heavy (non-hydrogen) atoms. The molecular weight excluding hydrogens is 272 g/mol. The summed E-state index contributed by atoms with van der Waals surface area (Å²) in [4.78, 5) is 23.9. The predicted molar refractivity (Wildman–Crippen MR) is 80.1 cm³/mol. The van der Waals surface area contributed by atoms with E-state index in [1.165, 1.54) is 29.2 Å². The summed E-state index contributed by atoms with van der Waals surface area (Å²) >= 11 is 0. The van der Waals surface area contributed by atoms with E-state index >= 15 is 0 Å². The molecule has 1 amide bonds. The molecule has 2 rings (SSSR count).